The van der Waals surface area contributed by atoms with Gasteiger partial charge in [0.25, 0.3) is 0 Å². The molecule has 9 aromatic carbocycles. The van der Waals surface area contributed by atoms with Crippen LogP contribution < -0.4 is 28.4 Å². The molecule has 0 bridgehead atoms. The summed E-state index contributed by atoms with van der Waals surface area (Å²) in [5.74, 6) is 5.21. The number of hydrogen-bond donors (Lipinski definition) is 0. The van der Waals surface area contributed by atoms with E-state index < -0.39 is 0 Å². The fourth-order valence-electron chi connectivity index (χ4n) is 7.51. The number of rotatable bonds is 13. The fourth-order valence-corrected chi connectivity index (χ4v) is 7.51. The van der Waals surface area contributed by atoms with Gasteiger partial charge in [-0.05, 0) is 166 Å². The third-order valence-electron chi connectivity index (χ3n) is 12.1. The molecule has 0 aliphatic heterocycles. The summed E-state index contributed by atoms with van der Waals surface area (Å²) in [6.07, 6.45) is 0. The minimum absolute atomic E-state index is 0. The van der Waals surface area contributed by atoms with Crippen LogP contribution in [0.25, 0.3) is 32.7 Å². The monoisotopic (exact) mass is 1140 g/mol. The van der Waals surface area contributed by atoms with Crippen LogP contribution in [-0.2, 0) is 0 Å². The summed E-state index contributed by atoms with van der Waals surface area (Å²) in [6, 6.07) is 59.6. The highest BCUT2D eigenvalue weighted by Crippen LogP contribution is 2.28. The molecule has 0 aromatic heterocycles. The molecule has 0 aliphatic rings. The van der Waals surface area contributed by atoms with E-state index in [-0.39, 0.29) is 49.6 Å². The lowest BCUT2D eigenvalue weighted by Gasteiger charge is -2.07. The van der Waals surface area contributed by atoms with E-state index in [1.807, 2.05) is 141 Å². The van der Waals surface area contributed by atoms with Gasteiger partial charge >= 0.3 is 0 Å². The topological polar surface area (TPSA) is 158 Å². The molecule has 0 radical (unpaired) electrons. The second-order valence-corrected chi connectivity index (χ2v) is 17.6. The van der Waals surface area contributed by atoms with Crippen LogP contribution in [0, 0.1) is 0 Å². The summed E-state index contributed by atoms with van der Waals surface area (Å²) in [7, 11) is 9.71. The average molecular weight is 1140 g/mol. The second-order valence-electron chi connectivity index (χ2n) is 17.6. The molecular weight excluding hydrogens is 1060 g/mol. The molecule has 0 spiro atoms. The van der Waals surface area contributed by atoms with Gasteiger partial charge in [0, 0.05) is 38.8 Å². The van der Waals surface area contributed by atoms with Gasteiger partial charge in [-0.25, -0.2) is 0 Å². The van der Waals surface area contributed by atoms with Crippen molar-refractivity contribution in [2.24, 2.45) is 0 Å². The molecule has 0 saturated heterocycles. The molecule has 0 N–H and O–H groups in total. The van der Waals surface area contributed by atoms with Crippen molar-refractivity contribution in [3.05, 3.63) is 228 Å². The molecule has 442 valence electrons. The van der Waals surface area contributed by atoms with Crippen molar-refractivity contribution in [1.82, 2.24) is 0 Å². The van der Waals surface area contributed by atoms with Gasteiger partial charge in [-0.15, -0.1) is 0 Å². The quantitative estimate of drug-likeness (QED) is 0.101. The molecule has 0 unspecified atom stereocenters. The Hall–Kier alpha value is -9.68. The van der Waals surface area contributed by atoms with Gasteiger partial charge in [-0.3, -0.25) is 28.8 Å². The third kappa shape index (κ3) is 23.1. The standard InChI is InChI=1S/C15H14O2.2C13H12O2.3C9H10O2.C2H6.2CH4/c1-11(16)12-3-5-13(6-4-12)14-7-9-15(17-2)10-8-14;1-9(14)10-5-3-7-12-11(10)6-4-8-13(12)15-2;1-9(14)10-3-4-12-8-13(15-2)6-5-11(12)7-10;2*1-7(10)8-3-5-9(11-2)6-4-8;1-7(10)8-4-3-5-9(6-8)11-2;1-2;;/h3-10H,1-2H3;2*3-8H,1-2H3;3*3-6H,1-2H3;1-2H3;2*1H4. The van der Waals surface area contributed by atoms with Gasteiger partial charge in [0.15, 0.2) is 34.7 Å². The number of carbonyl (C=O) groups is 6. The molecular formula is C72H82O12. The van der Waals surface area contributed by atoms with Gasteiger partial charge in [-0.1, -0.05) is 126 Å². The number of ketones is 6. The zero-order valence-electron chi connectivity index (χ0n) is 49.4. The van der Waals surface area contributed by atoms with Gasteiger partial charge in [0.05, 0.1) is 42.7 Å². The first kappa shape index (κ1) is 72.3. The highest BCUT2D eigenvalue weighted by Gasteiger charge is 2.08. The summed E-state index contributed by atoms with van der Waals surface area (Å²) in [5, 5.41) is 4.07. The van der Waals surface area contributed by atoms with E-state index in [4.69, 9.17) is 28.4 Å². The Morgan fingerprint density at radius 1 is 0.274 bits per heavy atom. The van der Waals surface area contributed by atoms with E-state index >= 15 is 0 Å². The zero-order valence-corrected chi connectivity index (χ0v) is 49.4. The Bertz CT molecular complexity index is 3430. The van der Waals surface area contributed by atoms with Crippen molar-refractivity contribution in [2.45, 2.75) is 70.2 Å². The Labute approximate surface area is 497 Å². The van der Waals surface area contributed by atoms with Gasteiger partial charge in [0.1, 0.15) is 34.5 Å². The molecule has 9 rings (SSSR count). The SMILES string of the molecule is C.C.CC.COc1ccc(-c2ccc(C(C)=O)cc2)cc1.COc1ccc(C(C)=O)cc1.COc1ccc(C(C)=O)cc1.COc1ccc2cc(C(C)=O)ccc2c1.COc1cccc(C(C)=O)c1.COc1cccc2c(C(C)=O)cccc12. The van der Waals surface area contributed by atoms with Crippen LogP contribution in [0.5, 0.6) is 34.5 Å². The van der Waals surface area contributed by atoms with Crippen molar-refractivity contribution in [1.29, 1.82) is 0 Å². The maximum absolute atomic E-state index is 11.4. The van der Waals surface area contributed by atoms with E-state index in [9.17, 15) is 28.8 Å². The molecule has 0 amide bonds. The summed E-state index contributed by atoms with van der Waals surface area (Å²) in [5.41, 5.74) is 6.54. The molecule has 12 nitrogen and oxygen atoms in total. The number of benzene rings is 9. The predicted octanol–water partition coefficient (Wildman–Crippen LogP) is 17.7. The molecule has 0 saturated carbocycles. The number of methoxy groups -OCH3 is 6. The number of carbonyl (C=O) groups excluding carboxylic acids is 6. The lowest BCUT2D eigenvalue weighted by molar-refractivity contribution is 0.100. The first-order chi connectivity index (χ1) is 39.4. The first-order valence-electron chi connectivity index (χ1n) is 26.2. The van der Waals surface area contributed by atoms with Crippen LogP contribution in [0.3, 0.4) is 0 Å². The lowest BCUT2D eigenvalue weighted by atomic mass is 10.0. The minimum atomic E-state index is 0. The maximum atomic E-state index is 11.4. The molecule has 12 heteroatoms. The molecule has 0 heterocycles. The molecule has 0 fully saturated rings. The van der Waals surface area contributed by atoms with Crippen molar-refractivity contribution in [3.63, 3.8) is 0 Å². The minimum Gasteiger partial charge on any atom is -0.497 e. The van der Waals surface area contributed by atoms with E-state index in [0.717, 1.165) is 83.9 Å². The van der Waals surface area contributed by atoms with Gasteiger partial charge in [0.2, 0.25) is 0 Å². The summed E-state index contributed by atoms with van der Waals surface area (Å²) < 4.78 is 30.3. The smallest absolute Gasteiger partial charge is 0.160 e. The number of ether oxygens (including phenoxy) is 6. The summed E-state index contributed by atoms with van der Waals surface area (Å²) in [6.45, 7) is 13.3. The fraction of sp³-hybridized carbons (Fsp3) is 0.222. The van der Waals surface area contributed by atoms with Crippen molar-refractivity contribution in [3.8, 4) is 45.6 Å². The number of Topliss-reactive ketones (excluding diaryl/α,β-unsaturated/α-hetero) is 6. The largest absolute Gasteiger partial charge is 0.497 e. The Morgan fingerprint density at radius 2 is 0.595 bits per heavy atom. The molecule has 9 aromatic rings. The van der Waals surface area contributed by atoms with Crippen LogP contribution in [-0.4, -0.2) is 77.4 Å². The lowest BCUT2D eigenvalue weighted by Crippen LogP contribution is -1.94. The molecule has 84 heavy (non-hydrogen) atoms. The van der Waals surface area contributed by atoms with E-state index in [1.54, 1.807) is 144 Å². The molecule has 0 atom stereocenters. The van der Waals surface area contributed by atoms with Crippen LogP contribution in [0.4, 0.5) is 0 Å². The predicted molar refractivity (Wildman–Crippen MR) is 343 cm³/mol. The summed E-state index contributed by atoms with van der Waals surface area (Å²) >= 11 is 0. The van der Waals surface area contributed by atoms with Crippen LogP contribution in [0.1, 0.15) is 132 Å². The Kier molecular flexibility index (Phi) is 32.8. The van der Waals surface area contributed by atoms with Gasteiger partial charge < -0.3 is 28.4 Å². The maximum Gasteiger partial charge on any atom is 0.160 e. The van der Waals surface area contributed by atoms with Crippen LogP contribution in [0.15, 0.2) is 194 Å². The van der Waals surface area contributed by atoms with Crippen molar-refractivity contribution < 1.29 is 57.2 Å². The zero-order chi connectivity index (χ0) is 60.7. The van der Waals surface area contributed by atoms with Crippen molar-refractivity contribution >= 4 is 56.2 Å². The number of hydrogen-bond acceptors (Lipinski definition) is 12. The van der Waals surface area contributed by atoms with E-state index in [2.05, 4.69) is 0 Å². The van der Waals surface area contributed by atoms with Crippen LogP contribution >= 0.6 is 0 Å². The Morgan fingerprint density at radius 3 is 1.01 bits per heavy atom. The van der Waals surface area contributed by atoms with Crippen LogP contribution in [0.2, 0.25) is 0 Å². The molecule has 0 aliphatic carbocycles. The Balaban J connectivity index is 0.000000503. The highest BCUT2D eigenvalue weighted by atomic mass is 16.5. The summed E-state index contributed by atoms with van der Waals surface area (Å²) in [4.78, 5) is 66.2. The third-order valence-corrected chi connectivity index (χ3v) is 12.1. The highest BCUT2D eigenvalue weighted by molar-refractivity contribution is 6.08. The van der Waals surface area contributed by atoms with E-state index in [0.29, 0.717) is 16.7 Å². The normalized spacial score (nSPS) is 9.40. The van der Waals surface area contributed by atoms with Crippen molar-refractivity contribution in [2.75, 3.05) is 42.7 Å². The average Bonchev–Trinajstić information content (AvgIpc) is 3.41. The number of fused-ring (bicyclic) bond motifs is 2. The second kappa shape index (κ2) is 38.1. The first-order valence-corrected chi connectivity index (χ1v) is 26.2. The van der Waals surface area contributed by atoms with Gasteiger partial charge in [-0.2, -0.15) is 0 Å². The van der Waals surface area contributed by atoms with E-state index in [1.165, 1.54) is 6.92 Å².